The van der Waals surface area contributed by atoms with Gasteiger partial charge in [0.2, 0.25) is 0 Å². The summed E-state index contributed by atoms with van der Waals surface area (Å²) >= 11 is 0. The largest absolute Gasteiger partial charge is 0.370 e. The molecule has 0 aliphatic rings. The number of aromatic nitrogens is 3. The van der Waals surface area contributed by atoms with Gasteiger partial charge >= 0.3 is 0 Å². The summed E-state index contributed by atoms with van der Waals surface area (Å²) in [5, 5.41) is 3.30. The first-order valence-electron chi connectivity index (χ1n) is 8.61. The van der Waals surface area contributed by atoms with Gasteiger partial charge < -0.3 is 10.2 Å². The molecule has 0 unspecified atom stereocenters. The molecule has 2 heterocycles. The van der Waals surface area contributed by atoms with E-state index in [4.69, 9.17) is 0 Å². The number of nitrogens with zero attached hydrogens (tertiary/aromatic N) is 4. The van der Waals surface area contributed by atoms with E-state index in [0.717, 1.165) is 43.1 Å². The highest BCUT2D eigenvalue weighted by atomic mass is 19.1. The van der Waals surface area contributed by atoms with Crippen LogP contribution < -0.4 is 10.2 Å². The molecule has 0 spiro atoms. The standard InChI is InChI=1S/C20H22FN5/c1-26(13-9-17-6-10-22-11-7-17)20-14-19(24-15-25-20)23-12-8-16-2-4-18(21)5-3-16/h2-7,10-11,14-15H,8-9,12-13H2,1H3,(H,23,24,25). The Morgan fingerprint density at radius 2 is 1.69 bits per heavy atom. The fourth-order valence-corrected chi connectivity index (χ4v) is 2.60. The van der Waals surface area contributed by atoms with Gasteiger partial charge in [-0.2, -0.15) is 0 Å². The van der Waals surface area contributed by atoms with Crippen LogP contribution in [-0.2, 0) is 12.8 Å². The van der Waals surface area contributed by atoms with E-state index in [1.54, 1.807) is 18.5 Å². The molecule has 26 heavy (non-hydrogen) atoms. The Morgan fingerprint density at radius 1 is 0.962 bits per heavy atom. The lowest BCUT2D eigenvalue weighted by atomic mass is 10.1. The van der Waals surface area contributed by atoms with Gasteiger partial charge in [-0.25, -0.2) is 14.4 Å². The molecular formula is C20H22FN5. The third kappa shape index (κ3) is 5.24. The molecule has 6 heteroatoms. The molecule has 0 atom stereocenters. The number of hydrogen-bond acceptors (Lipinski definition) is 5. The van der Waals surface area contributed by atoms with Crippen LogP contribution in [0.5, 0.6) is 0 Å². The molecule has 134 valence electrons. The molecule has 3 rings (SSSR count). The second-order valence-electron chi connectivity index (χ2n) is 6.09. The average Bonchev–Trinajstić information content (AvgIpc) is 2.69. The molecule has 1 aromatic carbocycles. The second-order valence-corrected chi connectivity index (χ2v) is 6.09. The molecule has 0 saturated heterocycles. The number of halogens is 1. The topological polar surface area (TPSA) is 53.9 Å². The van der Waals surface area contributed by atoms with Crippen LogP contribution in [0.15, 0.2) is 61.2 Å². The van der Waals surface area contributed by atoms with Crippen molar-refractivity contribution in [2.24, 2.45) is 0 Å². The molecule has 1 N–H and O–H groups in total. The van der Waals surface area contributed by atoms with Crippen LogP contribution in [0.1, 0.15) is 11.1 Å². The van der Waals surface area contributed by atoms with Crippen molar-refractivity contribution >= 4 is 11.6 Å². The van der Waals surface area contributed by atoms with Crippen LogP contribution in [0, 0.1) is 5.82 Å². The highest BCUT2D eigenvalue weighted by molar-refractivity contribution is 5.48. The molecule has 3 aromatic rings. The van der Waals surface area contributed by atoms with E-state index >= 15 is 0 Å². The summed E-state index contributed by atoms with van der Waals surface area (Å²) in [6, 6.07) is 12.6. The Labute approximate surface area is 153 Å². The van der Waals surface area contributed by atoms with Crippen LogP contribution in [0.2, 0.25) is 0 Å². The summed E-state index contributed by atoms with van der Waals surface area (Å²) in [5.41, 5.74) is 2.33. The van der Waals surface area contributed by atoms with Gasteiger partial charge in [-0.05, 0) is 48.2 Å². The first kappa shape index (κ1) is 17.8. The minimum atomic E-state index is -0.211. The fraction of sp³-hybridized carbons (Fsp3) is 0.250. The number of hydrogen-bond donors (Lipinski definition) is 1. The maximum atomic E-state index is 12.9. The minimum absolute atomic E-state index is 0.211. The van der Waals surface area contributed by atoms with E-state index < -0.39 is 0 Å². The average molecular weight is 351 g/mol. The maximum Gasteiger partial charge on any atom is 0.133 e. The van der Waals surface area contributed by atoms with Gasteiger partial charge in [-0.15, -0.1) is 0 Å². The highest BCUT2D eigenvalue weighted by Gasteiger charge is 2.05. The number of rotatable bonds is 8. The van der Waals surface area contributed by atoms with Crippen LogP contribution in [-0.4, -0.2) is 35.1 Å². The zero-order valence-electron chi connectivity index (χ0n) is 14.8. The number of benzene rings is 1. The number of likely N-dealkylation sites (N-methyl/N-ethyl adjacent to an activating group) is 1. The van der Waals surface area contributed by atoms with Crippen molar-refractivity contribution in [3.05, 3.63) is 78.1 Å². The van der Waals surface area contributed by atoms with Crippen molar-refractivity contribution in [1.82, 2.24) is 15.0 Å². The fourth-order valence-electron chi connectivity index (χ4n) is 2.60. The van der Waals surface area contributed by atoms with Crippen LogP contribution in [0.25, 0.3) is 0 Å². The third-order valence-electron chi connectivity index (χ3n) is 4.16. The third-order valence-corrected chi connectivity index (χ3v) is 4.16. The number of pyridine rings is 1. The maximum absolute atomic E-state index is 12.9. The first-order valence-corrected chi connectivity index (χ1v) is 8.61. The normalized spacial score (nSPS) is 10.5. The Kier molecular flexibility index (Phi) is 6.09. The Balaban J connectivity index is 1.51. The van der Waals surface area contributed by atoms with E-state index in [0.29, 0.717) is 0 Å². The first-order chi connectivity index (χ1) is 12.7. The van der Waals surface area contributed by atoms with Gasteiger partial charge in [0.15, 0.2) is 0 Å². The van der Waals surface area contributed by atoms with Crippen molar-refractivity contribution in [1.29, 1.82) is 0 Å². The summed E-state index contributed by atoms with van der Waals surface area (Å²) in [6.45, 7) is 1.58. The summed E-state index contributed by atoms with van der Waals surface area (Å²) < 4.78 is 12.9. The highest BCUT2D eigenvalue weighted by Crippen LogP contribution is 2.13. The van der Waals surface area contributed by atoms with Gasteiger partial charge in [0.1, 0.15) is 23.8 Å². The molecule has 0 aliphatic carbocycles. The predicted octanol–water partition coefficient (Wildman–Crippen LogP) is 3.34. The van der Waals surface area contributed by atoms with Crippen molar-refractivity contribution in [2.75, 3.05) is 30.4 Å². The number of anilines is 2. The quantitative estimate of drug-likeness (QED) is 0.674. The smallest absolute Gasteiger partial charge is 0.133 e. The monoisotopic (exact) mass is 351 g/mol. The van der Waals surface area contributed by atoms with E-state index in [1.165, 1.54) is 17.7 Å². The van der Waals surface area contributed by atoms with Crippen molar-refractivity contribution in [3.8, 4) is 0 Å². The van der Waals surface area contributed by atoms with Crippen molar-refractivity contribution < 1.29 is 4.39 Å². The Morgan fingerprint density at radius 3 is 2.46 bits per heavy atom. The van der Waals surface area contributed by atoms with E-state index in [-0.39, 0.29) is 5.82 Å². The van der Waals surface area contributed by atoms with Gasteiger partial charge in [0, 0.05) is 38.6 Å². The lowest BCUT2D eigenvalue weighted by Crippen LogP contribution is -2.21. The van der Waals surface area contributed by atoms with E-state index in [9.17, 15) is 4.39 Å². The van der Waals surface area contributed by atoms with Crippen LogP contribution >= 0.6 is 0 Å². The molecule has 0 bridgehead atoms. The number of nitrogens with one attached hydrogen (secondary N) is 1. The van der Waals surface area contributed by atoms with Crippen LogP contribution in [0.4, 0.5) is 16.0 Å². The summed E-state index contributed by atoms with van der Waals surface area (Å²) in [6.07, 6.45) is 6.92. The molecule has 5 nitrogen and oxygen atoms in total. The van der Waals surface area contributed by atoms with Crippen molar-refractivity contribution in [3.63, 3.8) is 0 Å². The van der Waals surface area contributed by atoms with E-state index in [2.05, 4.69) is 25.2 Å². The second kappa shape index (κ2) is 8.89. The summed E-state index contributed by atoms with van der Waals surface area (Å²) in [7, 11) is 2.02. The molecule has 0 amide bonds. The minimum Gasteiger partial charge on any atom is -0.370 e. The molecule has 0 fully saturated rings. The summed E-state index contributed by atoms with van der Waals surface area (Å²) in [5.74, 6) is 1.45. The molecule has 2 aromatic heterocycles. The predicted molar refractivity (Wildman–Crippen MR) is 102 cm³/mol. The van der Waals surface area contributed by atoms with Crippen molar-refractivity contribution in [2.45, 2.75) is 12.8 Å². The zero-order valence-corrected chi connectivity index (χ0v) is 14.8. The van der Waals surface area contributed by atoms with Gasteiger partial charge in [-0.3, -0.25) is 4.98 Å². The zero-order chi connectivity index (χ0) is 18.2. The van der Waals surface area contributed by atoms with E-state index in [1.807, 2.05) is 37.6 Å². The molecule has 0 aliphatic heterocycles. The summed E-state index contributed by atoms with van der Waals surface area (Å²) in [4.78, 5) is 14.8. The molecular weight excluding hydrogens is 329 g/mol. The van der Waals surface area contributed by atoms with Gasteiger partial charge in [-0.1, -0.05) is 12.1 Å². The molecule has 0 saturated carbocycles. The Hall–Kier alpha value is -3.02. The Bertz CT molecular complexity index is 808. The SMILES string of the molecule is CN(CCc1ccncc1)c1cc(NCCc2ccc(F)cc2)ncn1. The van der Waals surface area contributed by atoms with Gasteiger partial charge in [0.05, 0.1) is 0 Å². The lowest BCUT2D eigenvalue weighted by molar-refractivity contribution is 0.627. The van der Waals surface area contributed by atoms with Crippen LogP contribution in [0.3, 0.4) is 0 Å². The lowest BCUT2D eigenvalue weighted by Gasteiger charge is -2.18. The molecule has 0 radical (unpaired) electrons. The van der Waals surface area contributed by atoms with Gasteiger partial charge in [0.25, 0.3) is 0 Å².